The van der Waals surface area contributed by atoms with Crippen LogP contribution in [0.5, 0.6) is 0 Å². The van der Waals surface area contributed by atoms with Gasteiger partial charge in [0.05, 0.1) is 6.04 Å². The lowest BCUT2D eigenvalue weighted by Gasteiger charge is -2.08. The summed E-state index contributed by atoms with van der Waals surface area (Å²) in [7, 11) is 0. The molecule has 0 aliphatic rings. The van der Waals surface area contributed by atoms with Crippen LogP contribution >= 0.6 is 0 Å². The lowest BCUT2D eigenvalue weighted by atomic mass is 10.0. The molecule has 4 nitrogen and oxygen atoms in total. The van der Waals surface area contributed by atoms with Gasteiger partial charge in [0.2, 0.25) is 11.7 Å². The van der Waals surface area contributed by atoms with Crippen LogP contribution < -0.4 is 5.73 Å². The predicted molar refractivity (Wildman–Crippen MR) is 66.0 cm³/mol. The topological polar surface area (TPSA) is 64.9 Å². The van der Waals surface area contributed by atoms with Gasteiger partial charge in [0.15, 0.2) is 17.5 Å². The Bertz CT molecular complexity index is 590. The molecule has 1 aromatic carbocycles. The molecular weight excluding hydrogens is 271 g/mol. The molecule has 20 heavy (non-hydrogen) atoms. The second-order valence-corrected chi connectivity index (χ2v) is 4.95. The van der Waals surface area contributed by atoms with Gasteiger partial charge >= 0.3 is 0 Å². The van der Waals surface area contributed by atoms with Crippen LogP contribution in [-0.2, 0) is 0 Å². The summed E-state index contributed by atoms with van der Waals surface area (Å²) in [6.07, 6.45) is 0.633. The van der Waals surface area contributed by atoms with E-state index >= 15 is 0 Å². The molecule has 0 spiro atoms. The van der Waals surface area contributed by atoms with Crippen molar-refractivity contribution in [1.29, 1.82) is 0 Å². The van der Waals surface area contributed by atoms with E-state index in [9.17, 15) is 13.2 Å². The van der Waals surface area contributed by atoms with Crippen molar-refractivity contribution in [2.24, 2.45) is 11.7 Å². The average Bonchev–Trinajstić information content (AvgIpc) is 2.84. The molecule has 2 rings (SSSR count). The first-order chi connectivity index (χ1) is 9.38. The van der Waals surface area contributed by atoms with E-state index in [1.807, 2.05) is 13.8 Å². The van der Waals surface area contributed by atoms with Gasteiger partial charge < -0.3 is 10.3 Å². The van der Waals surface area contributed by atoms with E-state index in [1.165, 1.54) is 0 Å². The van der Waals surface area contributed by atoms with Crippen LogP contribution in [0.4, 0.5) is 13.2 Å². The molecule has 108 valence electrons. The number of hydrogen-bond donors (Lipinski definition) is 1. The van der Waals surface area contributed by atoms with Gasteiger partial charge in [-0.2, -0.15) is 4.98 Å². The Morgan fingerprint density at radius 1 is 1.20 bits per heavy atom. The zero-order valence-electron chi connectivity index (χ0n) is 11.0. The Balaban J connectivity index is 2.29. The standard InChI is InChI=1S/C13H14F3N3O/c1-6(2)3-10(17)13-18-12(19-20-13)7-4-8(14)11(16)9(15)5-7/h4-6,10H,3,17H2,1-2H3/t10-/m1/s1. The third-order valence-corrected chi connectivity index (χ3v) is 2.73. The molecule has 1 aromatic heterocycles. The normalized spacial score (nSPS) is 12.9. The Hall–Kier alpha value is -1.89. The molecule has 0 saturated carbocycles. The molecule has 2 aromatic rings. The van der Waals surface area contributed by atoms with Gasteiger partial charge in [-0.25, -0.2) is 13.2 Å². The molecule has 1 heterocycles. The third-order valence-electron chi connectivity index (χ3n) is 2.73. The molecule has 0 aliphatic carbocycles. The Kier molecular flexibility index (Phi) is 4.08. The lowest BCUT2D eigenvalue weighted by Crippen LogP contribution is -2.13. The van der Waals surface area contributed by atoms with Crippen LogP contribution in [0.25, 0.3) is 11.4 Å². The fourth-order valence-electron chi connectivity index (χ4n) is 1.80. The quantitative estimate of drug-likeness (QED) is 0.876. The fourth-order valence-corrected chi connectivity index (χ4v) is 1.80. The Morgan fingerprint density at radius 2 is 1.80 bits per heavy atom. The van der Waals surface area contributed by atoms with E-state index in [0.29, 0.717) is 12.3 Å². The summed E-state index contributed by atoms with van der Waals surface area (Å²) < 4.78 is 44.1. The van der Waals surface area contributed by atoms with Crippen LogP contribution in [0.1, 0.15) is 32.2 Å². The Labute approximate surface area is 113 Å². The highest BCUT2D eigenvalue weighted by atomic mass is 19.2. The minimum atomic E-state index is -1.53. The van der Waals surface area contributed by atoms with Gasteiger partial charge in [-0.1, -0.05) is 19.0 Å². The molecule has 0 radical (unpaired) electrons. The van der Waals surface area contributed by atoms with Crippen molar-refractivity contribution in [3.63, 3.8) is 0 Å². The van der Waals surface area contributed by atoms with Gasteiger partial charge in [-0.3, -0.25) is 0 Å². The van der Waals surface area contributed by atoms with Crippen LogP contribution in [-0.4, -0.2) is 10.1 Å². The second-order valence-electron chi connectivity index (χ2n) is 4.95. The lowest BCUT2D eigenvalue weighted by molar-refractivity contribution is 0.335. The SMILES string of the molecule is CC(C)C[C@@H](N)c1nc(-c2cc(F)c(F)c(F)c2)no1. The molecule has 7 heteroatoms. The summed E-state index contributed by atoms with van der Waals surface area (Å²) in [5, 5.41) is 3.60. The van der Waals surface area contributed by atoms with Crippen molar-refractivity contribution in [3.05, 3.63) is 35.5 Å². The summed E-state index contributed by atoms with van der Waals surface area (Å²) in [6, 6.07) is 1.16. The van der Waals surface area contributed by atoms with Gasteiger partial charge in [0.25, 0.3) is 0 Å². The number of halogens is 3. The van der Waals surface area contributed by atoms with Gasteiger partial charge in [0.1, 0.15) is 0 Å². The average molecular weight is 285 g/mol. The van der Waals surface area contributed by atoms with E-state index in [1.54, 1.807) is 0 Å². The number of aromatic nitrogens is 2. The van der Waals surface area contributed by atoms with Gasteiger partial charge in [0, 0.05) is 5.56 Å². The van der Waals surface area contributed by atoms with Crippen LogP contribution in [0.2, 0.25) is 0 Å². The molecule has 0 bridgehead atoms. The highest BCUT2D eigenvalue weighted by Crippen LogP contribution is 2.24. The maximum atomic E-state index is 13.1. The van der Waals surface area contributed by atoms with Gasteiger partial charge in [-0.05, 0) is 24.5 Å². The monoisotopic (exact) mass is 285 g/mol. The van der Waals surface area contributed by atoms with Crippen molar-refractivity contribution in [2.45, 2.75) is 26.3 Å². The Morgan fingerprint density at radius 3 is 2.35 bits per heavy atom. The molecule has 0 aliphatic heterocycles. The van der Waals surface area contributed by atoms with E-state index in [4.69, 9.17) is 10.3 Å². The summed E-state index contributed by atoms with van der Waals surface area (Å²) >= 11 is 0. The first-order valence-electron chi connectivity index (χ1n) is 6.12. The molecule has 0 amide bonds. The highest BCUT2D eigenvalue weighted by Gasteiger charge is 2.19. The predicted octanol–water partition coefficient (Wildman–Crippen LogP) is 3.20. The van der Waals surface area contributed by atoms with E-state index in [-0.39, 0.29) is 17.3 Å². The van der Waals surface area contributed by atoms with Crippen molar-refractivity contribution < 1.29 is 17.7 Å². The summed E-state index contributed by atoms with van der Waals surface area (Å²) in [5.41, 5.74) is 5.86. The summed E-state index contributed by atoms with van der Waals surface area (Å²) in [4.78, 5) is 3.99. The summed E-state index contributed by atoms with van der Waals surface area (Å²) in [5.74, 6) is -3.67. The van der Waals surface area contributed by atoms with E-state index in [2.05, 4.69) is 10.1 Å². The smallest absolute Gasteiger partial charge is 0.243 e. The van der Waals surface area contributed by atoms with Crippen molar-refractivity contribution >= 4 is 0 Å². The second kappa shape index (κ2) is 5.62. The first kappa shape index (κ1) is 14.5. The van der Waals surface area contributed by atoms with Crippen molar-refractivity contribution in [1.82, 2.24) is 10.1 Å². The number of nitrogens with zero attached hydrogens (tertiary/aromatic N) is 2. The van der Waals surface area contributed by atoms with E-state index in [0.717, 1.165) is 12.1 Å². The van der Waals surface area contributed by atoms with Crippen LogP contribution in [0, 0.1) is 23.4 Å². The van der Waals surface area contributed by atoms with Crippen molar-refractivity contribution in [3.8, 4) is 11.4 Å². The molecule has 0 fully saturated rings. The maximum Gasteiger partial charge on any atom is 0.243 e. The van der Waals surface area contributed by atoms with Gasteiger partial charge in [-0.15, -0.1) is 0 Å². The maximum absolute atomic E-state index is 13.1. The van der Waals surface area contributed by atoms with E-state index < -0.39 is 23.5 Å². The highest BCUT2D eigenvalue weighted by molar-refractivity contribution is 5.54. The number of benzene rings is 1. The number of rotatable bonds is 4. The zero-order valence-corrected chi connectivity index (χ0v) is 11.0. The molecule has 0 saturated heterocycles. The van der Waals surface area contributed by atoms with Crippen molar-refractivity contribution in [2.75, 3.05) is 0 Å². The number of nitrogens with two attached hydrogens (primary N) is 1. The zero-order chi connectivity index (χ0) is 14.9. The van der Waals surface area contributed by atoms with Crippen LogP contribution in [0.15, 0.2) is 16.7 Å². The largest absolute Gasteiger partial charge is 0.337 e. The summed E-state index contributed by atoms with van der Waals surface area (Å²) in [6.45, 7) is 3.98. The fraction of sp³-hybridized carbons (Fsp3) is 0.385. The molecule has 1 atom stereocenters. The number of hydrogen-bond acceptors (Lipinski definition) is 4. The molecular formula is C13H14F3N3O. The minimum Gasteiger partial charge on any atom is -0.337 e. The molecule has 0 unspecified atom stereocenters. The van der Waals surface area contributed by atoms with Crippen LogP contribution in [0.3, 0.4) is 0 Å². The first-order valence-corrected chi connectivity index (χ1v) is 6.12. The molecule has 2 N–H and O–H groups in total. The third kappa shape index (κ3) is 2.98. The minimum absolute atomic E-state index is 0.00635.